The van der Waals surface area contributed by atoms with Gasteiger partial charge in [-0.2, -0.15) is 24.2 Å². The maximum Gasteiger partial charge on any atom is 1.00 e. The topological polar surface area (TPSA) is 105 Å². The van der Waals surface area contributed by atoms with Gasteiger partial charge in [0.2, 0.25) is 5.91 Å². The third-order valence-electron chi connectivity index (χ3n) is 5.00. The van der Waals surface area contributed by atoms with Crippen molar-refractivity contribution >= 4 is 23.6 Å². The molecule has 1 amide bonds. The molecule has 6 nitrogen and oxygen atoms in total. The fourth-order valence-corrected chi connectivity index (χ4v) is 3.24. The summed E-state index contributed by atoms with van der Waals surface area (Å²) in [6.45, 7) is 9.57. The minimum atomic E-state index is 0. The van der Waals surface area contributed by atoms with Crippen molar-refractivity contribution in [1.82, 2.24) is 0 Å². The van der Waals surface area contributed by atoms with Gasteiger partial charge < -0.3 is 27.0 Å². The number of aryl methyl sites for hydroxylation is 1. The molecule has 2 aromatic carbocycles. The van der Waals surface area contributed by atoms with E-state index in [9.17, 15) is 9.59 Å². The van der Waals surface area contributed by atoms with Crippen molar-refractivity contribution in [2.75, 3.05) is 18.2 Å². The van der Waals surface area contributed by atoms with Gasteiger partial charge in [-0.25, -0.2) is 5.56 Å². The Hall–Kier alpha value is -1.82. The van der Waals surface area contributed by atoms with Crippen LogP contribution in [0.4, 0.5) is 11.4 Å². The molecule has 0 aliphatic heterocycles. The molecule has 33 heavy (non-hydrogen) atoms. The zero-order chi connectivity index (χ0) is 24.1. The second-order valence-corrected chi connectivity index (χ2v) is 7.12. The summed E-state index contributed by atoms with van der Waals surface area (Å²) in [7, 11) is 1.52. The van der Waals surface area contributed by atoms with E-state index in [1.54, 1.807) is 36.6 Å². The number of nitrogen functional groups attached to an aromatic ring is 1. The molecule has 1 saturated carbocycles. The summed E-state index contributed by atoms with van der Waals surface area (Å²) in [5.41, 5.74) is 9.22. The second kappa shape index (κ2) is 16.7. The van der Waals surface area contributed by atoms with Gasteiger partial charge in [0.1, 0.15) is 11.8 Å². The average molecular weight is 474 g/mol. The van der Waals surface area contributed by atoms with Gasteiger partial charge in [-0.15, -0.1) is 6.07 Å². The van der Waals surface area contributed by atoms with Crippen LogP contribution in [-0.2, 0) is 9.59 Å². The van der Waals surface area contributed by atoms with E-state index >= 15 is 0 Å². The number of anilines is 2. The molecule has 2 aromatic rings. The molecule has 0 unspecified atom stereocenters. The summed E-state index contributed by atoms with van der Waals surface area (Å²) >= 11 is 0. The third-order valence-corrected chi connectivity index (χ3v) is 5.00. The van der Waals surface area contributed by atoms with E-state index in [4.69, 9.17) is 15.7 Å². The van der Waals surface area contributed by atoms with Gasteiger partial charge in [-0.05, 0) is 30.2 Å². The fourth-order valence-electron chi connectivity index (χ4n) is 3.24. The zero-order valence-corrected chi connectivity index (χ0v) is 23.4. The molecule has 1 fully saturated rings. The molecule has 172 valence electrons. The molecule has 7 heteroatoms. The molecule has 3 N–H and O–H groups in total. The van der Waals surface area contributed by atoms with E-state index in [-0.39, 0.29) is 63.2 Å². The van der Waals surface area contributed by atoms with Crippen LogP contribution in [0.3, 0.4) is 0 Å². The number of carbonyl (C=O) groups is 1. The Morgan fingerprint density at radius 1 is 1.27 bits per heavy atom. The molecule has 1 aliphatic carbocycles. The molecule has 0 radical (unpaired) electrons. The standard InChI is InChI=1S/C15H17N2O2.C9H9NO.C2H6.K/c1-19-14-8-7-13(9-12(14)10-16)17-15(18)11-5-3-2-4-6-11;1-6-3-9(10)4-8(5-11)7(6)2;1-2;/h2,7-9,11H,3-6H2,1H3,(H,17,18);3-4H,2,10H2,1H3;1-2H3;/q-1;-2;;+1. The van der Waals surface area contributed by atoms with E-state index < -0.39 is 0 Å². The first-order chi connectivity index (χ1) is 15.4. The largest absolute Gasteiger partial charge is 1.00 e. The number of hydrogen-bond donors (Lipinski definition) is 2. The maximum absolute atomic E-state index is 12.1. The Bertz CT molecular complexity index is 949. The van der Waals surface area contributed by atoms with E-state index in [2.05, 4.69) is 24.7 Å². The van der Waals surface area contributed by atoms with Crippen LogP contribution < -0.4 is 67.2 Å². The SMILES string of the molecule is CC.COc1ccc(NC(=O)C2CC[CH-]CC2)cc1C#N.[CH2-]c1c(C)cc(N)cc1[C-]=O.[K+]. The summed E-state index contributed by atoms with van der Waals surface area (Å²) in [5.74, 6) is 0.646. The first-order valence-corrected chi connectivity index (χ1v) is 10.7. The van der Waals surface area contributed by atoms with Crippen LogP contribution in [0.1, 0.15) is 61.8 Å². The van der Waals surface area contributed by atoms with Gasteiger partial charge in [0, 0.05) is 11.6 Å². The molecule has 0 saturated heterocycles. The number of nitriles is 1. The maximum atomic E-state index is 12.1. The van der Waals surface area contributed by atoms with Gasteiger partial charge in [-0.1, -0.05) is 33.6 Å². The number of nitrogens with two attached hydrogens (primary N) is 1. The van der Waals surface area contributed by atoms with Crippen LogP contribution in [0.15, 0.2) is 30.3 Å². The Kier molecular flexibility index (Phi) is 15.8. The molecular weight excluding hydrogens is 441 g/mol. The Morgan fingerprint density at radius 3 is 2.45 bits per heavy atom. The predicted octanol–water partition coefficient (Wildman–Crippen LogP) is 2.15. The monoisotopic (exact) mass is 473 g/mol. The molecular formula is C26H32KN3O3-2. The Labute approximate surface area is 240 Å². The van der Waals surface area contributed by atoms with Crippen LogP contribution in [0.2, 0.25) is 0 Å². The van der Waals surface area contributed by atoms with Crippen LogP contribution >= 0.6 is 0 Å². The first kappa shape index (κ1) is 31.2. The summed E-state index contributed by atoms with van der Waals surface area (Å²) in [6, 6.07) is 10.5. The third kappa shape index (κ3) is 9.91. The Balaban J connectivity index is 0.000000627. The van der Waals surface area contributed by atoms with Crippen molar-refractivity contribution in [1.29, 1.82) is 5.26 Å². The fraction of sp³-hybridized carbons (Fsp3) is 0.346. The Morgan fingerprint density at radius 2 is 1.91 bits per heavy atom. The van der Waals surface area contributed by atoms with Crippen molar-refractivity contribution in [3.8, 4) is 11.8 Å². The van der Waals surface area contributed by atoms with Gasteiger partial charge in [-0.3, -0.25) is 22.8 Å². The smallest absolute Gasteiger partial charge is 0.495 e. The normalized spacial score (nSPS) is 12.3. The summed E-state index contributed by atoms with van der Waals surface area (Å²) in [5, 5.41) is 11.9. The number of methoxy groups -OCH3 is 1. The number of carbonyl (C=O) groups excluding carboxylic acids is 2. The van der Waals surface area contributed by atoms with E-state index in [1.807, 2.05) is 20.8 Å². The van der Waals surface area contributed by atoms with Crippen molar-refractivity contribution in [2.45, 2.75) is 46.5 Å². The second-order valence-electron chi connectivity index (χ2n) is 7.12. The van der Waals surface area contributed by atoms with Crippen molar-refractivity contribution < 1.29 is 65.7 Å². The number of amides is 1. The van der Waals surface area contributed by atoms with E-state index in [0.29, 0.717) is 33.8 Å². The summed E-state index contributed by atoms with van der Waals surface area (Å²) < 4.78 is 5.07. The van der Waals surface area contributed by atoms with Crippen molar-refractivity contribution in [3.05, 3.63) is 65.9 Å². The van der Waals surface area contributed by atoms with Gasteiger partial charge in [0.25, 0.3) is 0 Å². The molecule has 0 spiro atoms. The van der Waals surface area contributed by atoms with E-state index in [0.717, 1.165) is 31.2 Å². The molecule has 0 atom stereocenters. The van der Waals surface area contributed by atoms with Crippen molar-refractivity contribution in [2.24, 2.45) is 5.92 Å². The van der Waals surface area contributed by atoms with Gasteiger partial charge in [0.05, 0.1) is 12.7 Å². The molecule has 1 aliphatic rings. The first-order valence-electron chi connectivity index (χ1n) is 10.7. The number of benzene rings is 2. The van der Waals surface area contributed by atoms with Crippen LogP contribution in [0, 0.1) is 37.5 Å². The van der Waals surface area contributed by atoms with Crippen molar-refractivity contribution in [3.63, 3.8) is 0 Å². The molecule has 0 aromatic heterocycles. The van der Waals surface area contributed by atoms with Crippen LogP contribution in [-0.4, -0.2) is 19.3 Å². The van der Waals surface area contributed by atoms with Gasteiger partial charge >= 0.3 is 51.4 Å². The molecule has 0 heterocycles. The quantitative estimate of drug-likeness (QED) is 0.402. The zero-order valence-electron chi connectivity index (χ0n) is 20.3. The summed E-state index contributed by atoms with van der Waals surface area (Å²) in [6.07, 6.45) is 7.84. The van der Waals surface area contributed by atoms with Gasteiger partial charge in [0.15, 0.2) is 0 Å². The number of hydrogen-bond acceptors (Lipinski definition) is 5. The van der Waals surface area contributed by atoms with Crippen LogP contribution in [0.5, 0.6) is 5.75 Å². The molecule has 3 rings (SSSR count). The number of ether oxygens (including phenoxy) is 1. The predicted molar refractivity (Wildman–Crippen MR) is 129 cm³/mol. The molecule has 0 bridgehead atoms. The minimum absolute atomic E-state index is 0. The number of nitrogens with zero attached hydrogens (tertiary/aromatic N) is 1. The number of nitrogens with one attached hydrogen (secondary N) is 1. The number of rotatable bonds is 4. The van der Waals surface area contributed by atoms with Crippen LogP contribution in [0.25, 0.3) is 0 Å². The minimum Gasteiger partial charge on any atom is -0.495 e. The summed E-state index contributed by atoms with van der Waals surface area (Å²) in [4.78, 5) is 22.4. The average Bonchev–Trinajstić information content (AvgIpc) is 2.83. The van der Waals surface area contributed by atoms with E-state index in [1.165, 1.54) is 7.11 Å².